The number of hydrogen-bond donors (Lipinski definition) is 2. The number of sulfone groups is 1. The number of piperidine rings is 1. The van der Waals surface area contributed by atoms with Crippen molar-refractivity contribution in [1.29, 1.82) is 0 Å². The molecule has 1 aliphatic heterocycles. The number of rotatable bonds is 7. The summed E-state index contributed by atoms with van der Waals surface area (Å²) < 4.78 is 25.4. The molecule has 0 spiro atoms. The lowest BCUT2D eigenvalue weighted by Crippen LogP contribution is -2.62. The normalized spacial score (nSPS) is 30.2. The third kappa shape index (κ3) is 5.57. The third-order valence-corrected chi connectivity index (χ3v) is 12.7. The molecule has 0 aromatic carbocycles. The Kier molecular flexibility index (Phi) is 7.79. The highest BCUT2D eigenvalue weighted by Gasteiger charge is 2.68. The second-order valence-electron chi connectivity index (χ2n) is 13.8. The molecular formula is C28H47N3O5S. The van der Waals surface area contributed by atoms with Crippen molar-refractivity contribution in [2.75, 3.05) is 12.3 Å². The van der Waals surface area contributed by atoms with Gasteiger partial charge in [0, 0.05) is 6.54 Å². The summed E-state index contributed by atoms with van der Waals surface area (Å²) in [5.74, 6) is 0.256. The Balaban J connectivity index is 1.52. The molecule has 210 valence electrons. The van der Waals surface area contributed by atoms with Crippen molar-refractivity contribution >= 4 is 28.1 Å². The lowest BCUT2D eigenvalue weighted by atomic mass is 9.82. The summed E-state index contributed by atoms with van der Waals surface area (Å²) in [7, 11) is -3.46. The number of nitrogens with one attached hydrogen (secondary N) is 2. The largest absolute Gasteiger partial charge is 0.332 e. The number of amides is 3. The van der Waals surface area contributed by atoms with Crippen LogP contribution < -0.4 is 10.6 Å². The van der Waals surface area contributed by atoms with E-state index in [0.717, 1.165) is 57.7 Å². The molecule has 37 heavy (non-hydrogen) atoms. The van der Waals surface area contributed by atoms with Gasteiger partial charge >= 0.3 is 6.03 Å². The minimum atomic E-state index is -3.46. The van der Waals surface area contributed by atoms with Crippen LogP contribution in [-0.4, -0.2) is 66.2 Å². The van der Waals surface area contributed by atoms with Crippen LogP contribution in [0.1, 0.15) is 98.8 Å². The van der Waals surface area contributed by atoms with Crippen LogP contribution >= 0.6 is 0 Å². The van der Waals surface area contributed by atoms with E-state index in [-0.39, 0.29) is 28.9 Å². The van der Waals surface area contributed by atoms with E-state index in [4.69, 9.17) is 0 Å². The van der Waals surface area contributed by atoms with Crippen LogP contribution in [-0.2, 0) is 19.4 Å². The Labute approximate surface area is 223 Å². The van der Waals surface area contributed by atoms with Crippen LogP contribution in [0.2, 0.25) is 0 Å². The number of nitrogens with zero attached hydrogens (tertiary/aromatic N) is 1. The molecule has 0 aromatic rings. The van der Waals surface area contributed by atoms with Gasteiger partial charge in [-0.15, -0.1) is 0 Å². The maximum Gasteiger partial charge on any atom is 0.315 e. The molecule has 8 nitrogen and oxygen atoms in total. The molecule has 2 unspecified atom stereocenters. The van der Waals surface area contributed by atoms with Crippen molar-refractivity contribution in [3.63, 3.8) is 0 Å². The van der Waals surface area contributed by atoms with Gasteiger partial charge in [0.05, 0.1) is 22.1 Å². The van der Waals surface area contributed by atoms with Gasteiger partial charge in [-0.25, -0.2) is 13.2 Å². The van der Waals surface area contributed by atoms with E-state index < -0.39 is 38.2 Å². The van der Waals surface area contributed by atoms with Gasteiger partial charge in [0.25, 0.3) is 0 Å². The number of urea groups is 1. The highest BCUT2D eigenvalue weighted by molar-refractivity contribution is 7.92. The van der Waals surface area contributed by atoms with E-state index in [1.165, 1.54) is 0 Å². The van der Waals surface area contributed by atoms with Gasteiger partial charge in [0.15, 0.2) is 9.84 Å². The lowest BCUT2D eigenvalue weighted by Gasteiger charge is -2.41. The zero-order valence-electron chi connectivity index (χ0n) is 23.3. The maximum atomic E-state index is 13.9. The number of likely N-dealkylation sites (tertiary alicyclic amines) is 1. The molecule has 0 radical (unpaired) electrons. The Hall–Kier alpha value is -1.64. The molecule has 4 rings (SSSR count). The zero-order valence-corrected chi connectivity index (χ0v) is 24.2. The first-order valence-electron chi connectivity index (χ1n) is 14.3. The van der Waals surface area contributed by atoms with Gasteiger partial charge in [-0.2, -0.15) is 0 Å². The van der Waals surface area contributed by atoms with Crippen LogP contribution in [0.4, 0.5) is 4.79 Å². The molecule has 3 amide bonds. The molecule has 4 aliphatic rings. The SMILES string of the molecule is CC1(C)C2CN(C(=O)[C@@H](NC(=O)NC3(CS(=O)(=O)C(C)(C)C)CCCCC3)C3CCCCC3)[C@H](C=O)C21. The van der Waals surface area contributed by atoms with Crippen molar-refractivity contribution in [3.8, 4) is 0 Å². The van der Waals surface area contributed by atoms with Crippen molar-refractivity contribution in [1.82, 2.24) is 15.5 Å². The first kappa shape index (κ1) is 28.4. The fourth-order valence-corrected chi connectivity index (χ4v) is 8.82. The van der Waals surface area contributed by atoms with Gasteiger partial charge in [-0.3, -0.25) is 4.79 Å². The minimum Gasteiger partial charge on any atom is -0.332 e. The van der Waals surface area contributed by atoms with Gasteiger partial charge in [-0.05, 0) is 69.6 Å². The highest BCUT2D eigenvalue weighted by atomic mass is 32.2. The fourth-order valence-electron chi connectivity index (χ4n) is 7.30. The lowest BCUT2D eigenvalue weighted by molar-refractivity contribution is -0.139. The minimum absolute atomic E-state index is 0.0184. The van der Waals surface area contributed by atoms with E-state index in [1.54, 1.807) is 25.7 Å². The molecule has 1 saturated heterocycles. The van der Waals surface area contributed by atoms with Gasteiger partial charge in [0.1, 0.15) is 12.3 Å². The van der Waals surface area contributed by atoms with E-state index in [2.05, 4.69) is 24.5 Å². The van der Waals surface area contributed by atoms with Gasteiger partial charge in [0.2, 0.25) is 5.91 Å². The second kappa shape index (κ2) is 10.2. The van der Waals surface area contributed by atoms with Crippen LogP contribution in [0, 0.1) is 23.2 Å². The molecule has 4 atom stereocenters. The highest BCUT2D eigenvalue weighted by Crippen LogP contribution is 2.64. The van der Waals surface area contributed by atoms with Crippen molar-refractivity contribution < 1.29 is 22.8 Å². The number of fused-ring (bicyclic) bond motifs is 1. The predicted molar refractivity (Wildman–Crippen MR) is 144 cm³/mol. The molecule has 2 N–H and O–H groups in total. The van der Waals surface area contributed by atoms with Gasteiger partial charge < -0.3 is 20.3 Å². The topological polar surface area (TPSA) is 113 Å². The van der Waals surface area contributed by atoms with Crippen molar-refractivity contribution in [3.05, 3.63) is 0 Å². The predicted octanol–water partition coefficient (Wildman–Crippen LogP) is 3.83. The number of aldehydes is 1. The molecule has 0 aromatic heterocycles. The summed E-state index contributed by atoms with van der Waals surface area (Å²) in [5, 5.41) is 6.06. The Morgan fingerprint density at radius 2 is 1.62 bits per heavy atom. The quantitative estimate of drug-likeness (QED) is 0.479. The summed E-state index contributed by atoms with van der Waals surface area (Å²) >= 11 is 0. The first-order valence-corrected chi connectivity index (χ1v) is 15.9. The van der Waals surface area contributed by atoms with Crippen molar-refractivity contribution in [2.24, 2.45) is 23.2 Å². The summed E-state index contributed by atoms with van der Waals surface area (Å²) in [4.78, 5) is 41.1. The van der Waals surface area contributed by atoms with Gasteiger partial charge in [-0.1, -0.05) is 52.4 Å². The number of hydrogen-bond acceptors (Lipinski definition) is 5. The van der Waals surface area contributed by atoms with Crippen LogP contribution in [0.5, 0.6) is 0 Å². The van der Waals surface area contributed by atoms with Crippen LogP contribution in [0.3, 0.4) is 0 Å². The van der Waals surface area contributed by atoms with Crippen LogP contribution in [0.15, 0.2) is 0 Å². The Bertz CT molecular complexity index is 990. The fraction of sp³-hybridized carbons (Fsp3) is 0.893. The molecule has 3 saturated carbocycles. The van der Waals surface area contributed by atoms with E-state index in [1.807, 2.05) is 0 Å². The average molecular weight is 538 g/mol. The molecule has 1 heterocycles. The van der Waals surface area contributed by atoms with Crippen LogP contribution in [0.25, 0.3) is 0 Å². The Morgan fingerprint density at radius 1 is 1.03 bits per heavy atom. The van der Waals surface area contributed by atoms with E-state index in [9.17, 15) is 22.8 Å². The standard InChI is InChI=1S/C28H47N3O5S/c1-26(2,3)37(35,36)18-28(14-10-7-11-15-28)30-25(34)29-23(19-12-8-6-9-13-19)24(33)31-16-20-22(21(31)17-32)27(20,4)5/h17,19-23H,6-16,18H2,1-5H3,(H2,29,30,34)/t20?,21-,22?,23+/m1/s1. The molecule has 9 heteroatoms. The maximum absolute atomic E-state index is 13.9. The zero-order chi connectivity index (χ0) is 27.2. The molecular weight excluding hydrogens is 490 g/mol. The first-order chi connectivity index (χ1) is 17.2. The Morgan fingerprint density at radius 3 is 2.19 bits per heavy atom. The summed E-state index contributed by atoms with van der Waals surface area (Å²) in [6.45, 7) is 9.95. The summed E-state index contributed by atoms with van der Waals surface area (Å²) in [5.41, 5.74) is -0.765. The molecule has 4 fully saturated rings. The average Bonchev–Trinajstić information content (AvgIpc) is 3.15. The number of carbonyl (C=O) groups is 3. The van der Waals surface area contributed by atoms with E-state index >= 15 is 0 Å². The molecule has 3 aliphatic carbocycles. The molecule has 0 bridgehead atoms. The monoisotopic (exact) mass is 537 g/mol. The summed E-state index contributed by atoms with van der Waals surface area (Å²) in [6.07, 6.45) is 9.73. The smallest absolute Gasteiger partial charge is 0.315 e. The number of carbonyl (C=O) groups excluding carboxylic acids is 3. The van der Waals surface area contributed by atoms with Crippen molar-refractivity contribution in [2.45, 2.75) is 121 Å². The second-order valence-corrected chi connectivity index (χ2v) is 16.5. The third-order valence-electron chi connectivity index (χ3n) is 9.95. The van der Waals surface area contributed by atoms with E-state index in [0.29, 0.717) is 25.3 Å². The summed E-state index contributed by atoms with van der Waals surface area (Å²) in [6, 6.07) is -1.62.